The predicted molar refractivity (Wildman–Crippen MR) is 149 cm³/mol. The van der Waals surface area contributed by atoms with Gasteiger partial charge in [-0.25, -0.2) is 0 Å². The number of fused-ring (bicyclic) bond motifs is 1. The van der Waals surface area contributed by atoms with Crippen molar-refractivity contribution in [1.29, 1.82) is 0 Å². The molecule has 0 saturated heterocycles. The van der Waals surface area contributed by atoms with Crippen molar-refractivity contribution in [3.63, 3.8) is 0 Å². The number of benzene rings is 4. The summed E-state index contributed by atoms with van der Waals surface area (Å²) in [6.45, 7) is 8.23. The normalized spacial score (nSPS) is 11.6. The molecule has 7 heteroatoms. The fourth-order valence-electron chi connectivity index (χ4n) is 4.08. The molecule has 0 radical (unpaired) electrons. The van der Waals surface area contributed by atoms with Crippen LogP contribution in [-0.4, -0.2) is 26.0 Å². The van der Waals surface area contributed by atoms with E-state index in [-0.39, 0.29) is 17.1 Å². The van der Waals surface area contributed by atoms with Crippen molar-refractivity contribution in [1.82, 2.24) is 15.0 Å². The number of aryl methyl sites for hydroxylation is 1. The van der Waals surface area contributed by atoms with Gasteiger partial charge in [0.15, 0.2) is 0 Å². The molecule has 1 heterocycles. The number of hydrogen-bond acceptors (Lipinski definition) is 5. The Hall–Kier alpha value is -4.10. The van der Waals surface area contributed by atoms with Crippen LogP contribution in [-0.2, 0) is 5.41 Å². The molecule has 0 saturated carbocycles. The zero-order valence-corrected chi connectivity index (χ0v) is 22.0. The number of carbonyl (C=O) groups excluding carboxylic acids is 1. The van der Waals surface area contributed by atoms with Gasteiger partial charge in [0.25, 0.3) is 5.91 Å². The van der Waals surface area contributed by atoms with E-state index in [9.17, 15) is 9.90 Å². The summed E-state index contributed by atoms with van der Waals surface area (Å²) in [5.74, 6) is 0.0660. The lowest BCUT2D eigenvalue weighted by Gasteiger charge is -2.22. The number of rotatable bonds is 5. The van der Waals surface area contributed by atoms with E-state index in [0.29, 0.717) is 11.3 Å². The standard InChI is InChI=1S/C30H28N4O2S/c1-19-16-24(30(2,3)4)28(35)27(17-19)34-32-25-15-14-23(18-26(25)33-34)37-22-12-10-21(11-13-22)31-29(36)20-8-6-5-7-9-20/h5-18,35H,1-4H3,(H,31,36). The first-order valence-electron chi connectivity index (χ1n) is 12.0. The van der Waals surface area contributed by atoms with Gasteiger partial charge in [-0.3, -0.25) is 4.79 Å². The van der Waals surface area contributed by atoms with Gasteiger partial charge in [0.2, 0.25) is 0 Å². The topological polar surface area (TPSA) is 80.0 Å². The molecule has 5 aromatic rings. The molecule has 0 unspecified atom stereocenters. The highest BCUT2D eigenvalue weighted by atomic mass is 32.2. The van der Waals surface area contributed by atoms with Gasteiger partial charge >= 0.3 is 0 Å². The van der Waals surface area contributed by atoms with E-state index in [2.05, 4.69) is 36.3 Å². The second-order valence-corrected chi connectivity index (χ2v) is 11.2. The molecule has 0 fully saturated rings. The smallest absolute Gasteiger partial charge is 0.255 e. The summed E-state index contributed by atoms with van der Waals surface area (Å²) in [5, 5.41) is 23.2. The molecule has 5 rings (SSSR count). The number of nitrogens with zero attached hydrogens (tertiary/aromatic N) is 3. The molecule has 0 aliphatic heterocycles. The van der Waals surface area contributed by atoms with Gasteiger partial charge in [-0.05, 0) is 78.6 Å². The lowest BCUT2D eigenvalue weighted by molar-refractivity contribution is 0.102. The minimum Gasteiger partial charge on any atom is -0.505 e. The third-order valence-electron chi connectivity index (χ3n) is 5.99. The Kier molecular flexibility index (Phi) is 6.48. The Morgan fingerprint density at radius 3 is 2.24 bits per heavy atom. The van der Waals surface area contributed by atoms with Gasteiger partial charge in [0, 0.05) is 26.6 Å². The Balaban J connectivity index is 1.35. The number of aromatic hydroxyl groups is 1. The second-order valence-electron chi connectivity index (χ2n) is 10.0. The summed E-state index contributed by atoms with van der Waals surface area (Å²) in [6, 6.07) is 26.7. The average Bonchev–Trinajstić information content (AvgIpc) is 3.29. The largest absolute Gasteiger partial charge is 0.505 e. The molecular weight excluding hydrogens is 480 g/mol. The van der Waals surface area contributed by atoms with Crippen molar-refractivity contribution >= 4 is 34.4 Å². The molecule has 6 nitrogen and oxygen atoms in total. The van der Waals surface area contributed by atoms with E-state index in [4.69, 9.17) is 0 Å². The first kappa shape index (κ1) is 24.6. The van der Waals surface area contributed by atoms with Crippen LogP contribution in [0.5, 0.6) is 5.75 Å². The molecule has 0 aliphatic rings. The van der Waals surface area contributed by atoms with Crippen molar-refractivity contribution in [2.24, 2.45) is 0 Å². The van der Waals surface area contributed by atoms with Crippen LogP contribution >= 0.6 is 11.8 Å². The number of nitrogens with one attached hydrogen (secondary N) is 1. The minimum atomic E-state index is -0.207. The van der Waals surface area contributed by atoms with E-state index in [1.54, 1.807) is 23.9 Å². The van der Waals surface area contributed by atoms with Crippen LogP contribution in [0, 0.1) is 6.92 Å². The molecule has 37 heavy (non-hydrogen) atoms. The Morgan fingerprint density at radius 2 is 1.54 bits per heavy atom. The fourth-order valence-corrected chi connectivity index (χ4v) is 4.94. The number of phenolic OH excluding ortho intramolecular Hbond substituents is 1. The highest BCUT2D eigenvalue weighted by molar-refractivity contribution is 7.99. The van der Waals surface area contributed by atoms with Crippen molar-refractivity contribution < 1.29 is 9.90 Å². The molecule has 0 spiro atoms. The summed E-state index contributed by atoms with van der Waals surface area (Å²) < 4.78 is 0. The minimum absolute atomic E-state index is 0.135. The van der Waals surface area contributed by atoms with Crippen molar-refractivity contribution in [3.05, 3.63) is 102 Å². The van der Waals surface area contributed by atoms with Crippen LogP contribution in [0.3, 0.4) is 0 Å². The van der Waals surface area contributed by atoms with E-state index in [1.165, 1.54) is 4.80 Å². The van der Waals surface area contributed by atoms with Crippen LogP contribution < -0.4 is 5.32 Å². The van der Waals surface area contributed by atoms with Crippen LogP contribution in [0.4, 0.5) is 5.69 Å². The second kappa shape index (κ2) is 9.75. The van der Waals surface area contributed by atoms with Gasteiger partial charge in [-0.15, -0.1) is 15.0 Å². The van der Waals surface area contributed by atoms with Crippen LogP contribution in [0.15, 0.2) is 94.7 Å². The molecule has 186 valence electrons. The molecule has 1 aromatic heterocycles. The maximum absolute atomic E-state index is 12.4. The fraction of sp³-hybridized carbons (Fsp3) is 0.167. The first-order chi connectivity index (χ1) is 17.7. The van der Waals surface area contributed by atoms with Gasteiger partial charge in [-0.1, -0.05) is 56.8 Å². The molecular formula is C30H28N4O2S. The van der Waals surface area contributed by atoms with Crippen molar-refractivity contribution in [3.8, 4) is 11.4 Å². The van der Waals surface area contributed by atoms with E-state index < -0.39 is 0 Å². The quantitative estimate of drug-likeness (QED) is 0.264. The Bertz CT molecular complexity index is 1590. The third-order valence-corrected chi connectivity index (χ3v) is 6.99. The molecule has 4 aromatic carbocycles. The molecule has 1 amide bonds. The van der Waals surface area contributed by atoms with Gasteiger partial charge in [0.1, 0.15) is 22.5 Å². The van der Waals surface area contributed by atoms with Crippen LogP contribution in [0.2, 0.25) is 0 Å². The summed E-state index contributed by atoms with van der Waals surface area (Å²) in [4.78, 5) is 15.9. The van der Waals surface area contributed by atoms with E-state index in [0.717, 1.165) is 37.6 Å². The van der Waals surface area contributed by atoms with Crippen LogP contribution in [0.1, 0.15) is 42.3 Å². The van der Waals surface area contributed by atoms with Crippen molar-refractivity contribution in [2.45, 2.75) is 42.9 Å². The predicted octanol–water partition coefficient (Wildman–Crippen LogP) is 7.14. The Labute approximate surface area is 220 Å². The summed E-state index contributed by atoms with van der Waals surface area (Å²) >= 11 is 1.60. The molecule has 2 N–H and O–H groups in total. The van der Waals surface area contributed by atoms with Gasteiger partial charge in [-0.2, -0.15) is 0 Å². The highest BCUT2D eigenvalue weighted by Crippen LogP contribution is 2.36. The molecule has 0 bridgehead atoms. The van der Waals surface area contributed by atoms with Crippen LogP contribution in [0.25, 0.3) is 16.7 Å². The number of anilines is 1. The number of aromatic nitrogens is 3. The zero-order chi connectivity index (χ0) is 26.2. The summed E-state index contributed by atoms with van der Waals surface area (Å²) in [6.07, 6.45) is 0. The summed E-state index contributed by atoms with van der Waals surface area (Å²) in [7, 11) is 0. The number of phenols is 1. The SMILES string of the molecule is Cc1cc(-n2nc3ccc(Sc4ccc(NC(=O)c5ccccc5)cc4)cc3n2)c(O)c(C(C)(C)C)c1. The number of hydrogen-bond donors (Lipinski definition) is 2. The molecule has 0 aliphatic carbocycles. The maximum Gasteiger partial charge on any atom is 0.255 e. The first-order valence-corrected chi connectivity index (χ1v) is 12.8. The number of carbonyl (C=O) groups is 1. The summed E-state index contributed by atoms with van der Waals surface area (Å²) in [5.41, 5.74) is 5.13. The monoisotopic (exact) mass is 508 g/mol. The maximum atomic E-state index is 12.4. The average molecular weight is 509 g/mol. The lowest BCUT2D eigenvalue weighted by atomic mass is 9.85. The van der Waals surface area contributed by atoms with E-state index in [1.807, 2.05) is 79.7 Å². The zero-order valence-electron chi connectivity index (χ0n) is 21.2. The van der Waals surface area contributed by atoms with E-state index >= 15 is 0 Å². The van der Waals surface area contributed by atoms with Gasteiger partial charge < -0.3 is 10.4 Å². The van der Waals surface area contributed by atoms with Crippen molar-refractivity contribution in [2.75, 3.05) is 5.32 Å². The lowest BCUT2D eigenvalue weighted by Crippen LogP contribution is -2.13. The molecule has 0 atom stereocenters. The highest BCUT2D eigenvalue weighted by Gasteiger charge is 2.22. The van der Waals surface area contributed by atoms with Gasteiger partial charge in [0.05, 0.1) is 0 Å². The third kappa shape index (κ3) is 5.37. The number of amides is 1. The Morgan fingerprint density at radius 1 is 0.865 bits per heavy atom.